The van der Waals surface area contributed by atoms with Crippen LogP contribution in [0.3, 0.4) is 0 Å². The lowest BCUT2D eigenvalue weighted by molar-refractivity contribution is 0.229. The van der Waals surface area contributed by atoms with E-state index in [2.05, 4.69) is 10.6 Å². The third-order valence-electron chi connectivity index (χ3n) is 3.27. The van der Waals surface area contributed by atoms with Crippen molar-refractivity contribution in [1.82, 2.24) is 5.32 Å². The Balaban J connectivity index is 1.89. The molecular formula is C18H22N2O5. The largest absolute Gasteiger partial charge is 0.497 e. The Morgan fingerprint density at radius 2 is 1.68 bits per heavy atom. The van der Waals surface area contributed by atoms with E-state index in [9.17, 15) is 4.79 Å². The number of carbonyl (C=O) groups is 1. The fourth-order valence-electron chi connectivity index (χ4n) is 2.09. The van der Waals surface area contributed by atoms with Gasteiger partial charge in [-0.05, 0) is 31.2 Å². The lowest BCUT2D eigenvalue weighted by Crippen LogP contribution is -2.32. The van der Waals surface area contributed by atoms with E-state index in [0.717, 1.165) is 0 Å². The number of amides is 2. The van der Waals surface area contributed by atoms with E-state index in [1.54, 1.807) is 37.4 Å². The van der Waals surface area contributed by atoms with Gasteiger partial charge in [0.05, 0.1) is 26.5 Å². The topological polar surface area (TPSA) is 78.1 Å². The van der Waals surface area contributed by atoms with Crippen LogP contribution in [0.1, 0.15) is 6.92 Å². The molecule has 0 radical (unpaired) electrons. The summed E-state index contributed by atoms with van der Waals surface area (Å²) in [5.74, 6) is 2.33. The SMILES string of the molecule is CCOc1ccccc1OCNC(=O)Nc1ccc(OC)cc1OC. The van der Waals surface area contributed by atoms with Gasteiger partial charge in [-0.3, -0.25) is 0 Å². The highest BCUT2D eigenvalue weighted by molar-refractivity contribution is 5.91. The number of benzene rings is 2. The molecule has 2 amide bonds. The highest BCUT2D eigenvalue weighted by Crippen LogP contribution is 2.29. The smallest absolute Gasteiger partial charge is 0.321 e. The Bertz CT molecular complexity index is 706. The molecule has 0 bridgehead atoms. The molecule has 0 fully saturated rings. The zero-order valence-electron chi connectivity index (χ0n) is 14.5. The minimum Gasteiger partial charge on any atom is -0.497 e. The number of anilines is 1. The van der Waals surface area contributed by atoms with E-state index < -0.39 is 6.03 Å². The summed E-state index contributed by atoms with van der Waals surface area (Å²) >= 11 is 0. The number of carbonyl (C=O) groups excluding carboxylic acids is 1. The van der Waals surface area contributed by atoms with Crippen LogP contribution in [0.15, 0.2) is 42.5 Å². The lowest BCUT2D eigenvalue weighted by atomic mass is 10.2. The van der Waals surface area contributed by atoms with Gasteiger partial charge in [0.25, 0.3) is 0 Å². The van der Waals surface area contributed by atoms with Crippen LogP contribution >= 0.6 is 0 Å². The first-order chi connectivity index (χ1) is 12.2. The molecule has 0 heterocycles. The summed E-state index contributed by atoms with van der Waals surface area (Å²) in [5, 5.41) is 5.31. The maximum Gasteiger partial charge on any atom is 0.321 e. The van der Waals surface area contributed by atoms with Crippen LogP contribution in [0.2, 0.25) is 0 Å². The van der Waals surface area contributed by atoms with E-state index in [1.807, 2.05) is 19.1 Å². The van der Waals surface area contributed by atoms with Gasteiger partial charge in [-0.2, -0.15) is 0 Å². The fourth-order valence-corrected chi connectivity index (χ4v) is 2.09. The molecule has 134 valence electrons. The summed E-state index contributed by atoms with van der Waals surface area (Å²) in [6.45, 7) is 2.42. The molecule has 2 aromatic carbocycles. The van der Waals surface area contributed by atoms with Gasteiger partial charge in [0.2, 0.25) is 0 Å². The van der Waals surface area contributed by atoms with Crippen molar-refractivity contribution in [3.63, 3.8) is 0 Å². The molecule has 2 N–H and O–H groups in total. The van der Waals surface area contributed by atoms with Crippen LogP contribution in [0, 0.1) is 0 Å². The summed E-state index contributed by atoms with van der Waals surface area (Å²) in [7, 11) is 3.08. The van der Waals surface area contributed by atoms with Gasteiger partial charge in [0.1, 0.15) is 11.5 Å². The highest BCUT2D eigenvalue weighted by atomic mass is 16.5. The monoisotopic (exact) mass is 346 g/mol. The zero-order chi connectivity index (χ0) is 18.1. The van der Waals surface area contributed by atoms with Crippen LogP contribution in [0.4, 0.5) is 10.5 Å². The van der Waals surface area contributed by atoms with E-state index in [-0.39, 0.29) is 6.73 Å². The second-order valence-corrected chi connectivity index (χ2v) is 4.87. The number of urea groups is 1. The zero-order valence-corrected chi connectivity index (χ0v) is 14.5. The van der Waals surface area contributed by atoms with Gasteiger partial charge in [0.15, 0.2) is 18.2 Å². The van der Waals surface area contributed by atoms with Crippen molar-refractivity contribution in [3.8, 4) is 23.0 Å². The number of ether oxygens (including phenoxy) is 4. The normalized spacial score (nSPS) is 9.88. The van der Waals surface area contributed by atoms with Crippen molar-refractivity contribution in [2.24, 2.45) is 0 Å². The number of rotatable bonds is 8. The standard InChI is InChI=1S/C18H22N2O5/c1-4-24-15-7-5-6-8-16(15)25-12-19-18(21)20-14-10-9-13(22-2)11-17(14)23-3/h5-11H,4,12H2,1-3H3,(H2,19,20,21). The molecule has 0 aliphatic carbocycles. The summed E-state index contributed by atoms with van der Waals surface area (Å²) in [5.41, 5.74) is 0.524. The number of para-hydroxylation sites is 2. The first kappa shape index (κ1) is 18.3. The van der Waals surface area contributed by atoms with Gasteiger partial charge >= 0.3 is 6.03 Å². The molecule has 2 aromatic rings. The maximum absolute atomic E-state index is 12.0. The van der Waals surface area contributed by atoms with Crippen LogP contribution < -0.4 is 29.6 Å². The molecule has 0 unspecified atom stereocenters. The third-order valence-corrected chi connectivity index (χ3v) is 3.27. The lowest BCUT2D eigenvalue weighted by Gasteiger charge is -2.14. The molecule has 0 saturated carbocycles. The summed E-state index contributed by atoms with van der Waals surface area (Å²) in [6.07, 6.45) is 0. The fraction of sp³-hybridized carbons (Fsp3) is 0.278. The van der Waals surface area contributed by atoms with Crippen molar-refractivity contribution >= 4 is 11.7 Å². The minimum atomic E-state index is -0.419. The Morgan fingerprint density at radius 1 is 0.960 bits per heavy atom. The molecule has 2 rings (SSSR count). The predicted octanol–water partition coefficient (Wildman–Crippen LogP) is 3.26. The molecule has 7 nitrogen and oxygen atoms in total. The second-order valence-electron chi connectivity index (χ2n) is 4.87. The maximum atomic E-state index is 12.0. The summed E-state index contributed by atoms with van der Waals surface area (Å²) in [4.78, 5) is 12.0. The van der Waals surface area contributed by atoms with Gasteiger partial charge in [-0.25, -0.2) is 4.79 Å². The van der Waals surface area contributed by atoms with Gasteiger partial charge < -0.3 is 29.6 Å². The molecule has 0 saturated heterocycles. The van der Waals surface area contributed by atoms with Crippen LogP contribution in [-0.4, -0.2) is 33.6 Å². The Kier molecular flexibility index (Phi) is 6.76. The number of hydrogen-bond acceptors (Lipinski definition) is 5. The molecule has 0 spiro atoms. The first-order valence-corrected chi connectivity index (χ1v) is 7.79. The predicted molar refractivity (Wildman–Crippen MR) is 94.8 cm³/mol. The molecule has 0 atom stereocenters. The Labute approximate surface area is 146 Å². The average molecular weight is 346 g/mol. The summed E-state index contributed by atoms with van der Waals surface area (Å²) in [6, 6.07) is 12.0. The minimum absolute atomic E-state index is 0.00556. The van der Waals surface area contributed by atoms with Crippen molar-refractivity contribution < 1.29 is 23.7 Å². The van der Waals surface area contributed by atoms with Gasteiger partial charge in [-0.1, -0.05) is 12.1 Å². The number of hydrogen-bond donors (Lipinski definition) is 2. The van der Waals surface area contributed by atoms with E-state index in [1.165, 1.54) is 7.11 Å². The van der Waals surface area contributed by atoms with Crippen molar-refractivity contribution in [3.05, 3.63) is 42.5 Å². The highest BCUT2D eigenvalue weighted by Gasteiger charge is 2.09. The van der Waals surface area contributed by atoms with E-state index >= 15 is 0 Å². The quantitative estimate of drug-likeness (QED) is 0.718. The average Bonchev–Trinajstić information content (AvgIpc) is 2.63. The van der Waals surface area contributed by atoms with Crippen molar-refractivity contribution in [2.45, 2.75) is 6.92 Å². The molecule has 25 heavy (non-hydrogen) atoms. The van der Waals surface area contributed by atoms with Gasteiger partial charge in [-0.15, -0.1) is 0 Å². The van der Waals surface area contributed by atoms with Crippen LogP contribution in [0.5, 0.6) is 23.0 Å². The molecule has 0 aliphatic rings. The first-order valence-electron chi connectivity index (χ1n) is 7.79. The number of nitrogens with one attached hydrogen (secondary N) is 2. The van der Waals surface area contributed by atoms with E-state index in [4.69, 9.17) is 18.9 Å². The molecular weight excluding hydrogens is 324 g/mol. The third kappa shape index (κ3) is 5.20. The van der Waals surface area contributed by atoms with Crippen molar-refractivity contribution in [2.75, 3.05) is 32.9 Å². The van der Waals surface area contributed by atoms with Crippen LogP contribution in [-0.2, 0) is 0 Å². The molecule has 0 aliphatic heterocycles. The molecule has 7 heteroatoms. The van der Waals surface area contributed by atoms with Gasteiger partial charge in [0, 0.05) is 6.07 Å². The Morgan fingerprint density at radius 3 is 2.32 bits per heavy atom. The van der Waals surface area contributed by atoms with E-state index in [0.29, 0.717) is 35.3 Å². The second kappa shape index (κ2) is 9.27. The van der Waals surface area contributed by atoms with Crippen molar-refractivity contribution in [1.29, 1.82) is 0 Å². The Hall–Kier alpha value is -3.09. The molecule has 0 aromatic heterocycles. The number of methoxy groups -OCH3 is 2. The van der Waals surface area contributed by atoms with Crippen LogP contribution in [0.25, 0.3) is 0 Å². The summed E-state index contributed by atoms with van der Waals surface area (Å²) < 4.78 is 21.4.